The predicted octanol–water partition coefficient (Wildman–Crippen LogP) is 5.72. The van der Waals surface area contributed by atoms with Crippen LogP contribution in [-0.4, -0.2) is 36.4 Å². The number of carbonyl (C=O) groups is 2. The van der Waals surface area contributed by atoms with Gasteiger partial charge in [-0.2, -0.15) is 0 Å². The van der Waals surface area contributed by atoms with Crippen LogP contribution in [-0.2, 0) is 19.1 Å². The predicted molar refractivity (Wildman–Crippen MR) is 113 cm³/mol. The summed E-state index contributed by atoms with van der Waals surface area (Å²) >= 11 is 0. The van der Waals surface area contributed by atoms with Gasteiger partial charge in [0.25, 0.3) is 0 Å². The quantitative estimate of drug-likeness (QED) is 0.209. The largest absolute Gasteiger partial charge is 0.463 e. The van der Waals surface area contributed by atoms with Gasteiger partial charge in [-0.3, -0.25) is 9.59 Å². The van der Waals surface area contributed by atoms with Gasteiger partial charge >= 0.3 is 11.9 Å². The first-order chi connectivity index (χ1) is 13.6. The molecule has 0 rings (SSSR count). The van der Waals surface area contributed by atoms with Gasteiger partial charge in [0.05, 0.1) is 0 Å². The Balaban J connectivity index is 3.33. The smallest absolute Gasteiger partial charge is 0.305 e. The minimum absolute atomic E-state index is 0.114. The van der Waals surface area contributed by atoms with E-state index in [1.807, 2.05) is 6.92 Å². The van der Waals surface area contributed by atoms with Crippen LogP contribution in [0, 0.1) is 0 Å². The summed E-state index contributed by atoms with van der Waals surface area (Å²) in [6.07, 6.45) is 17.0. The molecular formula is C23H44O5. The molecule has 0 radical (unpaired) electrons. The molecule has 5 nitrogen and oxygen atoms in total. The molecule has 0 aliphatic rings. The molecule has 0 saturated carbocycles. The highest BCUT2D eigenvalue weighted by molar-refractivity contribution is 5.69. The third-order valence-corrected chi connectivity index (χ3v) is 4.81. The van der Waals surface area contributed by atoms with Crippen molar-refractivity contribution in [2.75, 3.05) is 13.2 Å². The number of ether oxygens (including phenoxy) is 2. The highest BCUT2D eigenvalue weighted by Gasteiger charge is 2.11. The molecule has 0 fully saturated rings. The van der Waals surface area contributed by atoms with E-state index in [-0.39, 0.29) is 25.2 Å². The third-order valence-electron chi connectivity index (χ3n) is 4.81. The van der Waals surface area contributed by atoms with Crippen LogP contribution >= 0.6 is 0 Å². The van der Waals surface area contributed by atoms with E-state index in [1.165, 1.54) is 70.6 Å². The van der Waals surface area contributed by atoms with Crippen molar-refractivity contribution >= 4 is 11.9 Å². The SMILES string of the molecule is CCCCCCCCCCCCCCCC(=O)OC[C@@H](O)COC(=O)CCC. The maximum Gasteiger partial charge on any atom is 0.305 e. The van der Waals surface area contributed by atoms with Crippen LogP contribution in [0.2, 0.25) is 0 Å². The first-order valence-corrected chi connectivity index (χ1v) is 11.6. The normalized spacial score (nSPS) is 12.0. The molecule has 0 heterocycles. The molecular weight excluding hydrogens is 356 g/mol. The number of aliphatic hydroxyl groups is 1. The molecule has 0 amide bonds. The summed E-state index contributed by atoms with van der Waals surface area (Å²) in [6, 6.07) is 0. The zero-order valence-electron chi connectivity index (χ0n) is 18.4. The number of esters is 2. The number of carbonyl (C=O) groups excluding carboxylic acids is 2. The van der Waals surface area contributed by atoms with E-state index in [0.29, 0.717) is 19.3 Å². The van der Waals surface area contributed by atoms with E-state index in [4.69, 9.17) is 9.47 Å². The standard InChI is InChI=1S/C23H44O5/c1-3-5-6-7-8-9-10-11-12-13-14-15-16-18-23(26)28-20-21(24)19-27-22(25)17-4-2/h21,24H,3-20H2,1-2H3/t21-/m0/s1. The molecule has 0 bridgehead atoms. The van der Waals surface area contributed by atoms with Gasteiger partial charge in [0.2, 0.25) is 0 Å². The fourth-order valence-electron chi connectivity index (χ4n) is 3.06. The Morgan fingerprint density at radius 3 is 1.43 bits per heavy atom. The minimum Gasteiger partial charge on any atom is -0.463 e. The molecule has 0 aromatic heterocycles. The zero-order chi connectivity index (χ0) is 20.9. The van der Waals surface area contributed by atoms with Crippen molar-refractivity contribution in [1.82, 2.24) is 0 Å². The molecule has 0 aromatic rings. The maximum absolute atomic E-state index is 11.6. The highest BCUT2D eigenvalue weighted by Crippen LogP contribution is 2.13. The molecule has 28 heavy (non-hydrogen) atoms. The van der Waals surface area contributed by atoms with E-state index < -0.39 is 6.10 Å². The van der Waals surface area contributed by atoms with Gasteiger partial charge in [0.1, 0.15) is 19.3 Å². The van der Waals surface area contributed by atoms with Crippen molar-refractivity contribution in [3.63, 3.8) is 0 Å². The van der Waals surface area contributed by atoms with E-state index in [0.717, 1.165) is 12.8 Å². The van der Waals surface area contributed by atoms with Crippen LogP contribution in [0.15, 0.2) is 0 Å². The fourth-order valence-corrected chi connectivity index (χ4v) is 3.06. The van der Waals surface area contributed by atoms with Gasteiger partial charge in [0, 0.05) is 12.8 Å². The number of hydrogen-bond donors (Lipinski definition) is 1. The molecule has 0 saturated heterocycles. The van der Waals surface area contributed by atoms with E-state index in [1.54, 1.807) is 0 Å². The second-order valence-electron chi connectivity index (χ2n) is 7.76. The summed E-state index contributed by atoms with van der Waals surface area (Å²) in [5, 5.41) is 9.64. The molecule has 5 heteroatoms. The first kappa shape index (κ1) is 26.9. The first-order valence-electron chi connectivity index (χ1n) is 11.6. The highest BCUT2D eigenvalue weighted by atomic mass is 16.6. The summed E-state index contributed by atoms with van der Waals surface area (Å²) in [6.45, 7) is 3.90. The lowest BCUT2D eigenvalue weighted by Gasteiger charge is -2.11. The Labute approximate surface area is 172 Å². The Morgan fingerprint density at radius 2 is 1.00 bits per heavy atom. The van der Waals surface area contributed by atoms with Crippen LogP contribution < -0.4 is 0 Å². The molecule has 0 aliphatic heterocycles. The van der Waals surface area contributed by atoms with Crippen LogP contribution in [0.25, 0.3) is 0 Å². The molecule has 1 atom stereocenters. The minimum atomic E-state index is -0.948. The van der Waals surface area contributed by atoms with Gasteiger partial charge in [0.15, 0.2) is 0 Å². The molecule has 166 valence electrons. The zero-order valence-corrected chi connectivity index (χ0v) is 18.4. The van der Waals surface area contributed by atoms with Crippen molar-refractivity contribution in [3.8, 4) is 0 Å². The second-order valence-corrected chi connectivity index (χ2v) is 7.76. The fraction of sp³-hybridized carbons (Fsp3) is 0.913. The molecule has 1 N–H and O–H groups in total. The van der Waals surface area contributed by atoms with E-state index in [2.05, 4.69) is 6.92 Å². The lowest BCUT2D eigenvalue weighted by molar-refractivity contribution is -0.152. The van der Waals surface area contributed by atoms with Gasteiger partial charge in [-0.15, -0.1) is 0 Å². The van der Waals surface area contributed by atoms with Crippen LogP contribution in [0.5, 0.6) is 0 Å². The Hall–Kier alpha value is -1.10. The van der Waals surface area contributed by atoms with Gasteiger partial charge in [-0.1, -0.05) is 90.9 Å². The van der Waals surface area contributed by atoms with Crippen LogP contribution in [0.1, 0.15) is 117 Å². The van der Waals surface area contributed by atoms with E-state index in [9.17, 15) is 14.7 Å². The van der Waals surface area contributed by atoms with Crippen molar-refractivity contribution in [3.05, 3.63) is 0 Å². The maximum atomic E-state index is 11.6. The van der Waals surface area contributed by atoms with Gasteiger partial charge in [-0.05, 0) is 12.8 Å². The number of hydrogen-bond acceptors (Lipinski definition) is 5. The van der Waals surface area contributed by atoms with Gasteiger partial charge < -0.3 is 14.6 Å². The average Bonchev–Trinajstić information content (AvgIpc) is 2.68. The molecule has 0 aromatic carbocycles. The molecule has 0 aliphatic carbocycles. The molecule has 0 spiro atoms. The Bertz CT molecular complexity index is 370. The summed E-state index contributed by atoms with van der Waals surface area (Å²) in [7, 11) is 0. The number of unbranched alkanes of at least 4 members (excludes halogenated alkanes) is 12. The summed E-state index contributed by atoms with van der Waals surface area (Å²) in [5.74, 6) is -0.623. The summed E-state index contributed by atoms with van der Waals surface area (Å²) in [5.41, 5.74) is 0. The molecule has 0 unspecified atom stereocenters. The van der Waals surface area contributed by atoms with Crippen molar-refractivity contribution in [2.45, 2.75) is 123 Å². The van der Waals surface area contributed by atoms with E-state index >= 15 is 0 Å². The van der Waals surface area contributed by atoms with Crippen molar-refractivity contribution in [2.24, 2.45) is 0 Å². The number of rotatable bonds is 20. The second kappa shape index (κ2) is 20.6. The third kappa shape index (κ3) is 19.7. The summed E-state index contributed by atoms with van der Waals surface area (Å²) < 4.78 is 9.90. The van der Waals surface area contributed by atoms with Crippen LogP contribution in [0.4, 0.5) is 0 Å². The van der Waals surface area contributed by atoms with Crippen molar-refractivity contribution in [1.29, 1.82) is 0 Å². The monoisotopic (exact) mass is 400 g/mol. The lowest BCUT2D eigenvalue weighted by Crippen LogP contribution is -2.25. The van der Waals surface area contributed by atoms with Gasteiger partial charge in [-0.25, -0.2) is 0 Å². The lowest BCUT2D eigenvalue weighted by atomic mass is 10.0. The summed E-state index contributed by atoms with van der Waals surface area (Å²) in [4.78, 5) is 22.8. The Morgan fingerprint density at radius 1 is 0.607 bits per heavy atom. The Kier molecular flexibility index (Phi) is 19.8. The van der Waals surface area contributed by atoms with Crippen LogP contribution in [0.3, 0.4) is 0 Å². The topological polar surface area (TPSA) is 72.8 Å². The van der Waals surface area contributed by atoms with Crippen molar-refractivity contribution < 1.29 is 24.2 Å². The average molecular weight is 401 g/mol. The number of aliphatic hydroxyl groups excluding tert-OH is 1.